The van der Waals surface area contributed by atoms with Crippen molar-refractivity contribution in [2.45, 2.75) is 71.8 Å². The Labute approximate surface area is 250 Å². The quantitative estimate of drug-likeness (QED) is 0.309. The number of fused-ring (bicyclic) bond motifs is 1. The highest BCUT2D eigenvalue weighted by Crippen LogP contribution is 2.38. The molecule has 13 heteroatoms. The summed E-state index contributed by atoms with van der Waals surface area (Å²) in [4.78, 5) is 49.3. The Kier molecular flexibility index (Phi) is 8.98. The van der Waals surface area contributed by atoms with Crippen LogP contribution in [0.3, 0.4) is 0 Å². The highest BCUT2D eigenvalue weighted by atomic mass is 19.1. The molecule has 2 aliphatic rings. The molecule has 0 bridgehead atoms. The van der Waals surface area contributed by atoms with Crippen LogP contribution in [0.4, 0.5) is 10.1 Å². The molecule has 1 aromatic carbocycles. The van der Waals surface area contributed by atoms with E-state index in [0.29, 0.717) is 46.5 Å². The second-order valence-electron chi connectivity index (χ2n) is 13.2. The second-order valence-corrected chi connectivity index (χ2v) is 13.2. The Morgan fingerprint density at radius 3 is 2.58 bits per heavy atom. The van der Waals surface area contributed by atoms with Crippen LogP contribution in [-0.2, 0) is 30.2 Å². The lowest BCUT2D eigenvalue weighted by molar-refractivity contribution is -0.873. The van der Waals surface area contributed by atoms with Crippen LogP contribution < -0.4 is 11.1 Å². The molecule has 43 heavy (non-hydrogen) atoms. The first-order valence-corrected chi connectivity index (χ1v) is 14.2. The molecule has 1 fully saturated rings. The van der Waals surface area contributed by atoms with Crippen molar-refractivity contribution < 1.29 is 42.3 Å². The van der Waals surface area contributed by atoms with E-state index in [1.807, 2.05) is 35.0 Å². The van der Waals surface area contributed by atoms with E-state index in [4.69, 9.17) is 19.9 Å². The number of ketones is 1. The molecular weight excluding hydrogens is 561 g/mol. The third kappa shape index (κ3) is 7.77. The summed E-state index contributed by atoms with van der Waals surface area (Å²) < 4.78 is 33.8. The van der Waals surface area contributed by atoms with Gasteiger partial charge in [-0.25, -0.2) is 9.07 Å². The number of carbonyl (C=O) groups is 4. The number of nitrogens with zero attached hydrogens (tertiary/aromatic N) is 3. The molecule has 1 aromatic heterocycles. The van der Waals surface area contributed by atoms with E-state index in [-0.39, 0.29) is 41.9 Å². The van der Waals surface area contributed by atoms with Crippen LogP contribution in [0.15, 0.2) is 12.1 Å². The van der Waals surface area contributed by atoms with Gasteiger partial charge >= 0.3 is 11.9 Å². The molecular formula is C30H41FN5O7+. The molecule has 3 N–H and O–H groups in total. The zero-order valence-corrected chi connectivity index (χ0v) is 25.8. The van der Waals surface area contributed by atoms with Crippen molar-refractivity contribution >= 4 is 29.3 Å². The minimum absolute atomic E-state index is 0.0112. The standard InChI is InChI=1S/C30H40FN5O7/c1-16-27-23(12-30(3,4)13-24(27)38)35(34-16)19-9-21(31)28(29(32)40)22(10-19)33-18-8-26(41-15-18)43-25(39)11-20(42-17(2)37)14-36(5,6)7/h9-10,18,20,26H,8,11-15H2,1-7H3,(H2-,32,33,40)/p+1. The number of halogens is 1. The number of rotatable bonds is 10. The summed E-state index contributed by atoms with van der Waals surface area (Å²) in [6.45, 7) is 7.53. The summed E-state index contributed by atoms with van der Waals surface area (Å²) in [5.74, 6) is -2.90. The van der Waals surface area contributed by atoms with Crippen LogP contribution in [0.2, 0.25) is 0 Å². The first kappa shape index (κ1) is 32.1. The Morgan fingerprint density at radius 1 is 1.26 bits per heavy atom. The third-order valence-corrected chi connectivity index (χ3v) is 7.35. The Balaban J connectivity index is 1.51. The summed E-state index contributed by atoms with van der Waals surface area (Å²) >= 11 is 0. The Morgan fingerprint density at radius 2 is 1.95 bits per heavy atom. The van der Waals surface area contributed by atoms with E-state index >= 15 is 4.39 Å². The monoisotopic (exact) mass is 602 g/mol. The molecule has 1 aliphatic heterocycles. The predicted molar refractivity (Wildman–Crippen MR) is 154 cm³/mol. The molecule has 3 atom stereocenters. The number of quaternary nitrogens is 1. The summed E-state index contributed by atoms with van der Waals surface area (Å²) in [5.41, 5.74) is 7.15. The van der Waals surface area contributed by atoms with Crippen molar-refractivity contribution in [2.75, 3.05) is 39.6 Å². The average Bonchev–Trinajstić information content (AvgIpc) is 3.39. The average molecular weight is 603 g/mol. The van der Waals surface area contributed by atoms with Gasteiger partial charge in [-0.1, -0.05) is 13.8 Å². The number of hydrogen-bond donors (Lipinski definition) is 2. The van der Waals surface area contributed by atoms with E-state index < -0.39 is 42.1 Å². The minimum atomic E-state index is -0.961. The van der Waals surface area contributed by atoms with Gasteiger partial charge in [-0.15, -0.1) is 0 Å². The van der Waals surface area contributed by atoms with Crippen LogP contribution in [0.25, 0.3) is 5.69 Å². The van der Waals surface area contributed by atoms with Gasteiger partial charge in [0.15, 0.2) is 11.9 Å². The van der Waals surface area contributed by atoms with Gasteiger partial charge in [-0.05, 0) is 24.8 Å². The molecule has 4 rings (SSSR count). The molecule has 12 nitrogen and oxygen atoms in total. The lowest BCUT2D eigenvalue weighted by Crippen LogP contribution is -2.44. The fraction of sp³-hybridized carbons (Fsp3) is 0.567. The van der Waals surface area contributed by atoms with Gasteiger partial charge < -0.3 is 29.7 Å². The predicted octanol–water partition coefficient (Wildman–Crippen LogP) is 2.67. The van der Waals surface area contributed by atoms with E-state index in [2.05, 4.69) is 10.4 Å². The fourth-order valence-electron chi connectivity index (χ4n) is 5.80. The van der Waals surface area contributed by atoms with Gasteiger partial charge in [-0.2, -0.15) is 5.10 Å². The second kappa shape index (κ2) is 12.0. The molecule has 0 saturated carbocycles. The molecule has 3 unspecified atom stereocenters. The fourth-order valence-corrected chi connectivity index (χ4v) is 5.80. The number of aromatic nitrogens is 2. The number of primary amides is 1. The highest BCUT2D eigenvalue weighted by molar-refractivity contribution is 6.00. The zero-order valence-electron chi connectivity index (χ0n) is 25.8. The van der Waals surface area contributed by atoms with Crippen LogP contribution >= 0.6 is 0 Å². The SMILES string of the molecule is CC(=O)OC(CC(=O)OC1CC(Nc2cc(-n3nc(C)c4c3CC(C)(C)CC4=O)cc(F)c2C(N)=O)CO1)C[N+](C)(C)C. The number of likely N-dealkylation sites (N-methyl/N-ethyl adjacent to an activating group) is 1. The third-order valence-electron chi connectivity index (χ3n) is 7.35. The van der Waals surface area contributed by atoms with E-state index in [0.717, 1.165) is 0 Å². The number of aryl methyl sites for hydroxylation is 1. The van der Waals surface area contributed by atoms with Gasteiger partial charge in [0.05, 0.1) is 74.1 Å². The number of nitrogens with one attached hydrogen (secondary N) is 1. The maximum Gasteiger partial charge on any atom is 0.312 e. The van der Waals surface area contributed by atoms with E-state index in [9.17, 15) is 19.2 Å². The lowest BCUT2D eigenvalue weighted by atomic mass is 9.75. The number of ether oxygens (including phenoxy) is 3. The molecule has 1 saturated heterocycles. The molecule has 0 spiro atoms. The number of hydrogen-bond acceptors (Lipinski definition) is 9. The van der Waals surface area contributed by atoms with Crippen molar-refractivity contribution in [1.29, 1.82) is 0 Å². The first-order valence-electron chi connectivity index (χ1n) is 14.2. The molecule has 1 amide bonds. The van der Waals surface area contributed by atoms with Crippen LogP contribution in [0, 0.1) is 18.2 Å². The number of anilines is 1. The number of carbonyl (C=O) groups excluding carboxylic acids is 4. The molecule has 0 radical (unpaired) electrons. The van der Waals surface area contributed by atoms with Gasteiger partial charge in [0.1, 0.15) is 12.4 Å². The van der Waals surface area contributed by atoms with E-state index in [1.165, 1.54) is 13.0 Å². The van der Waals surface area contributed by atoms with Crippen molar-refractivity contribution in [3.8, 4) is 5.69 Å². The van der Waals surface area contributed by atoms with Gasteiger partial charge in [-0.3, -0.25) is 19.2 Å². The van der Waals surface area contributed by atoms with E-state index in [1.54, 1.807) is 17.7 Å². The molecule has 234 valence electrons. The largest absolute Gasteiger partial charge is 0.456 e. The van der Waals surface area contributed by atoms with Crippen LogP contribution in [0.1, 0.15) is 72.1 Å². The summed E-state index contributed by atoms with van der Waals surface area (Å²) in [6, 6.07) is 2.29. The van der Waals surface area contributed by atoms with Crippen molar-refractivity contribution in [1.82, 2.24) is 9.78 Å². The van der Waals surface area contributed by atoms with Crippen molar-refractivity contribution in [2.24, 2.45) is 11.1 Å². The summed E-state index contributed by atoms with van der Waals surface area (Å²) in [5, 5.41) is 7.66. The zero-order chi connectivity index (χ0) is 31.9. The molecule has 2 aromatic rings. The van der Waals surface area contributed by atoms with Crippen molar-refractivity contribution in [3.63, 3.8) is 0 Å². The summed E-state index contributed by atoms with van der Waals surface area (Å²) in [7, 11) is 5.75. The lowest BCUT2D eigenvalue weighted by Gasteiger charge is -2.29. The minimum Gasteiger partial charge on any atom is -0.456 e. The van der Waals surface area contributed by atoms with Crippen LogP contribution in [-0.4, -0.2) is 90.6 Å². The number of amides is 1. The normalized spacial score (nSPS) is 20.3. The van der Waals surface area contributed by atoms with Gasteiger partial charge in [0.2, 0.25) is 6.29 Å². The smallest absolute Gasteiger partial charge is 0.312 e. The molecule has 1 aliphatic carbocycles. The maximum absolute atomic E-state index is 15.4. The number of Topliss-reactive ketones (excluding diaryl/α,β-unsaturated/α-hetero) is 1. The first-order chi connectivity index (χ1) is 19.9. The Hall–Kier alpha value is -3.84. The topological polar surface area (TPSA) is 152 Å². The maximum atomic E-state index is 15.4. The number of esters is 2. The molecule has 2 heterocycles. The highest BCUT2D eigenvalue weighted by Gasteiger charge is 2.37. The number of benzene rings is 1. The number of nitrogens with two attached hydrogens (primary N) is 1. The van der Waals surface area contributed by atoms with Crippen molar-refractivity contribution in [3.05, 3.63) is 40.5 Å². The van der Waals surface area contributed by atoms with Gasteiger partial charge in [0, 0.05) is 25.8 Å². The van der Waals surface area contributed by atoms with Crippen LogP contribution in [0.5, 0.6) is 0 Å². The summed E-state index contributed by atoms with van der Waals surface area (Å²) in [6.07, 6.45) is -0.538. The van der Waals surface area contributed by atoms with Gasteiger partial charge in [0.25, 0.3) is 5.91 Å². The Bertz CT molecular complexity index is 1450.